The zero-order valence-corrected chi connectivity index (χ0v) is 29.8. The van der Waals surface area contributed by atoms with E-state index < -0.39 is 0 Å². The summed E-state index contributed by atoms with van der Waals surface area (Å²) in [5.74, 6) is 0.261. The molecule has 0 radical (unpaired) electrons. The molecule has 0 aliphatic heterocycles. The number of Topliss-reactive ketones (excluding diaryl/α,β-unsaturated/α-hetero) is 1. The van der Waals surface area contributed by atoms with E-state index in [1.54, 1.807) is 0 Å². The predicted molar refractivity (Wildman–Crippen MR) is 202 cm³/mol. The summed E-state index contributed by atoms with van der Waals surface area (Å²) in [6.45, 7) is 12.0. The Balaban J connectivity index is 1.42. The van der Waals surface area contributed by atoms with Crippen molar-refractivity contribution < 1.29 is 14.8 Å². The third kappa shape index (κ3) is 6.48. The Morgan fingerprint density at radius 1 is 0.735 bits per heavy atom. The van der Waals surface area contributed by atoms with Crippen LogP contribution in [0.3, 0.4) is 0 Å². The molecule has 1 heterocycles. The van der Waals surface area contributed by atoms with Gasteiger partial charge in [0, 0.05) is 50.5 Å². The van der Waals surface area contributed by atoms with Gasteiger partial charge in [-0.25, -0.2) is 0 Å². The van der Waals surface area contributed by atoms with Crippen LogP contribution in [0.1, 0.15) is 130 Å². The number of hydrogen-bond acceptors (Lipinski definition) is 4. The molecule has 254 valence electrons. The lowest BCUT2D eigenvalue weighted by atomic mass is 9.82. The minimum atomic E-state index is -0.246. The number of benzene rings is 4. The lowest BCUT2D eigenvalue weighted by Crippen LogP contribution is -2.15. The van der Waals surface area contributed by atoms with E-state index in [2.05, 4.69) is 86.8 Å². The number of carbonyl (C=O) groups is 2. The fourth-order valence-electron chi connectivity index (χ4n) is 7.88. The van der Waals surface area contributed by atoms with Gasteiger partial charge in [0.25, 0.3) is 0 Å². The van der Waals surface area contributed by atoms with Gasteiger partial charge in [-0.05, 0) is 89.9 Å². The summed E-state index contributed by atoms with van der Waals surface area (Å²) >= 11 is 0. The van der Waals surface area contributed by atoms with E-state index in [0.717, 1.165) is 72.4 Å². The Morgan fingerprint density at radius 2 is 1.37 bits per heavy atom. The van der Waals surface area contributed by atoms with Crippen LogP contribution in [0, 0.1) is 5.92 Å². The summed E-state index contributed by atoms with van der Waals surface area (Å²) in [7, 11) is 0. The fraction of sp³-hybridized carbons (Fsp3) is 0.386. The van der Waals surface area contributed by atoms with E-state index >= 15 is 0 Å². The Labute approximate surface area is 291 Å². The highest BCUT2D eigenvalue weighted by molar-refractivity contribution is 6.46. The van der Waals surface area contributed by atoms with E-state index in [1.807, 2.05) is 36.4 Å². The molecular weight excluding hydrogens is 604 g/mol. The third-order valence-corrected chi connectivity index (χ3v) is 10.9. The zero-order chi connectivity index (χ0) is 34.7. The van der Waals surface area contributed by atoms with Gasteiger partial charge in [0.1, 0.15) is 5.71 Å². The lowest BCUT2D eigenvalue weighted by molar-refractivity contribution is 0.103. The van der Waals surface area contributed by atoms with Crippen LogP contribution in [0.25, 0.3) is 32.9 Å². The summed E-state index contributed by atoms with van der Waals surface area (Å²) < 4.78 is 2.37. The predicted octanol–water partition coefficient (Wildman–Crippen LogP) is 11.5. The maximum Gasteiger partial charge on any atom is 0.210 e. The minimum Gasteiger partial charge on any atom is -0.411 e. The summed E-state index contributed by atoms with van der Waals surface area (Å²) in [4.78, 5) is 27.8. The van der Waals surface area contributed by atoms with Gasteiger partial charge >= 0.3 is 0 Å². The van der Waals surface area contributed by atoms with Crippen molar-refractivity contribution in [2.75, 3.05) is 0 Å². The third-order valence-electron chi connectivity index (χ3n) is 10.9. The molecule has 6 rings (SSSR count). The Morgan fingerprint density at radius 3 is 2.06 bits per heavy atom. The van der Waals surface area contributed by atoms with Gasteiger partial charge in [-0.2, -0.15) is 0 Å². The molecule has 0 spiro atoms. The molecule has 1 atom stereocenters. The SMILES string of the molecule is CCCCCC/C(=N\O)C(=O)c1ccc2c(c1)c1cc(C(=O)c3ccc4c(c3)-c3ccccc3C4(C)C)ccc1n2CC(CC)CCCC. The standard InChI is InChI=1S/C44H50N2O3/c1-6-9-11-12-18-39(45-49)43(48)32-21-24-41-36(27-32)35-26-31(20-23-40(35)46(41)28-29(8-3)15-10-7-2)42(47)30-19-22-38-34(25-30)33-16-13-14-17-37(33)44(38,4)5/h13-14,16-17,19-27,29,49H,6-12,15,18,28H2,1-5H3/b45-39+. The van der Waals surface area contributed by atoms with Crippen LogP contribution >= 0.6 is 0 Å². The molecule has 0 bridgehead atoms. The number of ketones is 2. The van der Waals surface area contributed by atoms with Crippen molar-refractivity contribution >= 4 is 39.1 Å². The molecule has 1 aliphatic carbocycles. The Kier molecular flexibility index (Phi) is 10.2. The van der Waals surface area contributed by atoms with Crippen LogP contribution in [0.15, 0.2) is 84.0 Å². The maximum absolute atomic E-state index is 14.2. The highest BCUT2D eigenvalue weighted by Gasteiger charge is 2.35. The molecule has 0 amide bonds. The summed E-state index contributed by atoms with van der Waals surface area (Å²) in [5.41, 5.74) is 8.83. The molecule has 1 N–H and O–H groups in total. The molecule has 5 heteroatoms. The van der Waals surface area contributed by atoms with Crippen LogP contribution < -0.4 is 0 Å². The smallest absolute Gasteiger partial charge is 0.210 e. The van der Waals surface area contributed by atoms with Crippen molar-refractivity contribution in [1.29, 1.82) is 0 Å². The first kappa shape index (κ1) is 34.4. The second kappa shape index (κ2) is 14.5. The number of rotatable bonds is 15. The second-order valence-corrected chi connectivity index (χ2v) is 14.4. The van der Waals surface area contributed by atoms with Crippen LogP contribution in [-0.2, 0) is 12.0 Å². The Hall–Kier alpha value is -4.51. The molecule has 1 aliphatic rings. The van der Waals surface area contributed by atoms with Crippen molar-refractivity contribution in [3.05, 3.63) is 107 Å². The van der Waals surface area contributed by atoms with Crippen molar-refractivity contribution in [2.24, 2.45) is 11.1 Å². The molecular formula is C44H50N2O3. The molecule has 0 saturated heterocycles. The first-order valence-corrected chi connectivity index (χ1v) is 18.3. The normalized spacial score (nSPS) is 14.3. The topological polar surface area (TPSA) is 71.7 Å². The summed E-state index contributed by atoms with van der Waals surface area (Å²) in [5, 5.41) is 15.1. The van der Waals surface area contributed by atoms with E-state index in [9.17, 15) is 14.8 Å². The molecule has 5 nitrogen and oxygen atoms in total. The van der Waals surface area contributed by atoms with Crippen LogP contribution in [0.2, 0.25) is 0 Å². The monoisotopic (exact) mass is 654 g/mol. The van der Waals surface area contributed by atoms with Crippen LogP contribution in [-0.4, -0.2) is 27.1 Å². The van der Waals surface area contributed by atoms with Crippen molar-refractivity contribution in [1.82, 2.24) is 4.57 Å². The van der Waals surface area contributed by atoms with Crippen LogP contribution in [0.5, 0.6) is 0 Å². The van der Waals surface area contributed by atoms with E-state index in [4.69, 9.17) is 0 Å². The Bertz CT molecular complexity index is 2050. The van der Waals surface area contributed by atoms with Gasteiger partial charge in [0.05, 0.1) is 0 Å². The summed E-state index contributed by atoms with van der Waals surface area (Å²) in [6.07, 6.45) is 9.05. The molecule has 5 aromatic rings. The van der Waals surface area contributed by atoms with E-state index in [0.29, 0.717) is 29.0 Å². The maximum atomic E-state index is 14.2. The van der Waals surface area contributed by atoms with Gasteiger partial charge < -0.3 is 9.77 Å². The van der Waals surface area contributed by atoms with Gasteiger partial charge in [0.15, 0.2) is 5.78 Å². The molecule has 1 unspecified atom stereocenters. The largest absolute Gasteiger partial charge is 0.411 e. The number of hydrogen-bond donors (Lipinski definition) is 1. The fourth-order valence-corrected chi connectivity index (χ4v) is 7.88. The average molecular weight is 655 g/mol. The molecule has 1 aromatic heterocycles. The number of fused-ring (bicyclic) bond motifs is 6. The van der Waals surface area contributed by atoms with Gasteiger partial charge in [0.2, 0.25) is 5.78 Å². The quantitative estimate of drug-likeness (QED) is 0.0401. The lowest BCUT2D eigenvalue weighted by Gasteiger charge is -2.21. The highest BCUT2D eigenvalue weighted by atomic mass is 16.4. The van der Waals surface area contributed by atoms with Gasteiger partial charge in [-0.15, -0.1) is 0 Å². The second-order valence-electron chi connectivity index (χ2n) is 14.4. The number of unbranched alkanes of at least 4 members (excludes halogenated alkanes) is 4. The number of carbonyl (C=O) groups excluding carboxylic acids is 2. The minimum absolute atomic E-state index is 0.0174. The van der Waals surface area contributed by atoms with Gasteiger partial charge in [-0.3, -0.25) is 9.59 Å². The molecule has 49 heavy (non-hydrogen) atoms. The number of aromatic nitrogens is 1. The van der Waals surface area contributed by atoms with Crippen LogP contribution in [0.4, 0.5) is 0 Å². The van der Waals surface area contributed by atoms with E-state index in [-0.39, 0.29) is 22.7 Å². The molecule has 0 saturated carbocycles. The first-order valence-electron chi connectivity index (χ1n) is 18.3. The van der Waals surface area contributed by atoms with Gasteiger partial charge in [-0.1, -0.05) is 115 Å². The zero-order valence-electron chi connectivity index (χ0n) is 29.8. The number of nitrogens with zero attached hydrogens (tertiary/aromatic N) is 2. The van der Waals surface area contributed by atoms with Crippen molar-refractivity contribution in [2.45, 2.75) is 104 Å². The average Bonchev–Trinajstić information content (AvgIpc) is 3.56. The molecule has 0 fully saturated rings. The highest BCUT2D eigenvalue weighted by Crippen LogP contribution is 2.48. The summed E-state index contributed by atoms with van der Waals surface area (Å²) in [6, 6.07) is 26.5. The first-order chi connectivity index (χ1) is 23.7. The van der Waals surface area contributed by atoms with E-state index in [1.165, 1.54) is 29.5 Å². The van der Waals surface area contributed by atoms with Crippen molar-refractivity contribution in [3.8, 4) is 11.1 Å². The van der Waals surface area contributed by atoms with Crippen molar-refractivity contribution in [3.63, 3.8) is 0 Å². The molecule has 4 aromatic carbocycles. The number of oxime groups is 1.